The molecule has 1 amide bonds. The van der Waals surface area contributed by atoms with E-state index in [0.717, 1.165) is 4.68 Å². The van der Waals surface area contributed by atoms with Crippen LogP contribution in [0.3, 0.4) is 0 Å². The highest BCUT2D eigenvalue weighted by molar-refractivity contribution is 6.41. The van der Waals surface area contributed by atoms with Crippen LogP contribution in [0.2, 0.25) is 15.1 Å². The maximum atomic E-state index is 12.1. The lowest BCUT2D eigenvalue weighted by atomic mass is 10.2. The highest BCUT2D eigenvalue weighted by Gasteiger charge is 2.29. The van der Waals surface area contributed by atoms with Gasteiger partial charge in [-0.2, -0.15) is 9.78 Å². The number of halogens is 3. The first-order valence-corrected chi connectivity index (χ1v) is 8.26. The van der Waals surface area contributed by atoms with E-state index >= 15 is 0 Å². The second kappa shape index (κ2) is 6.63. The Bertz CT molecular complexity index is 868. The zero-order valence-corrected chi connectivity index (χ0v) is 14.9. The molecule has 2 heterocycles. The molecule has 0 radical (unpaired) electrons. The van der Waals surface area contributed by atoms with Crippen molar-refractivity contribution in [1.82, 2.24) is 14.7 Å². The molecule has 1 aliphatic heterocycles. The van der Waals surface area contributed by atoms with E-state index in [1.54, 1.807) is 30.1 Å². The van der Waals surface area contributed by atoms with Gasteiger partial charge in [-0.15, -0.1) is 0 Å². The van der Waals surface area contributed by atoms with Gasteiger partial charge >= 0.3 is 0 Å². The molecule has 1 aromatic carbocycles. The normalized spacial score (nSPS) is 17.4. The van der Waals surface area contributed by atoms with Crippen LogP contribution in [0.1, 0.15) is 6.42 Å². The zero-order valence-electron chi connectivity index (χ0n) is 12.6. The number of anilines is 1. The molecule has 0 bridgehead atoms. The smallest absolute Gasteiger partial charge is 0.291 e. The number of carbonyl (C=O) groups excluding carboxylic acids is 1. The SMILES string of the molecule is CN1CCC(Nc2ccc(-n3ncc(Cl)c(Cl)c3=O)cc2Cl)C1=O. The van der Waals surface area contributed by atoms with Crippen molar-refractivity contribution in [3.63, 3.8) is 0 Å². The third-order valence-corrected chi connectivity index (χ3v) is 4.89. The van der Waals surface area contributed by atoms with Crippen molar-refractivity contribution in [3.8, 4) is 5.69 Å². The van der Waals surface area contributed by atoms with Gasteiger partial charge in [0.2, 0.25) is 5.91 Å². The van der Waals surface area contributed by atoms with Crippen molar-refractivity contribution in [2.24, 2.45) is 0 Å². The van der Waals surface area contributed by atoms with Gasteiger partial charge in [0.15, 0.2) is 0 Å². The van der Waals surface area contributed by atoms with E-state index in [4.69, 9.17) is 34.8 Å². The van der Waals surface area contributed by atoms with Crippen LogP contribution in [0.5, 0.6) is 0 Å². The summed E-state index contributed by atoms with van der Waals surface area (Å²) in [6, 6.07) is 4.63. The Morgan fingerprint density at radius 2 is 1.96 bits per heavy atom. The van der Waals surface area contributed by atoms with Gasteiger partial charge in [0, 0.05) is 13.6 Å². The molecule has 1 aromatic heterocycles. The fourth-order valence-electron chi connectivity index (χ4n) is 2.49. The molecule has 0 aliphatic carbocycles. The monoisotopic (exact) mass is 386 g/mol. The molecule has 1 fully saturated rings. The Morgan fingerprint density at radius 3 is 2.58 bits per heavy atom. The molecule has 1 atom stereocenters. The van der Waals surface area contributed by atoms with E-state index < -0.39 is 5.56 Å². The fourth-order valence-corrected chi connectivity index (χ4v) is 2.98. The lowest BCUT2D eigenvalue weighted by Gasteiger charge is -2.15. The minimum absolute atomic E-state index is 0.0255. The molecule has 2 aromatic rings. The van der Waals surface area contributed by atoms with E-state index in [0.29, 0.717) is 29.4 Å². The summed E-state index contributed by atoms with van der Waals surface area (Å²) in [5.74, 6) is 0.0255. The van der Waals surface area contributed by atoms with Crippen LogP contribution >= 0.6 is 34.8 Å². The molecule has 24 heavy (non-hydrogen) atoms. The number of hydrogen-bond acceptors (Lipinski definition) is 4. The van der Waals surface area contributed by atoms with Gasteiger partial charge in [-0.05, 0) is 24.6 Å². The number of aromatic nitrogens is 2. The number of benzene rings is 1. The molecule has 6 nitrogen and oxygen atoms in total. The van der Waals surface area contributed by atoms with E-state index in [1.807, 2.05) is 0 Å². The van der Waals surface area contributed by atoms with E-state index in [1.165, 1.54) is 6.20 Å². The first kappa shape index (κ1) is 17.1. The number of nitrogens with one attached hydrogen (secondary N) is 1. The predicted molar refractivity (Wildman–Crippen MR) is 94.5 cm³/mol. The number of likely N-dealkylation sites (N-methyl/N-ethyl adjacent to an activating group) is 1. The molecule has 9 heteroatoms. The van der Waals surface area contributed by atoms with Gasteiger partial charge in [0.25, 0.3) is 5.56 Å². The van der Waals surface area contributed by atoms with Crippen LogP contribution in [-0.4, -0.2) is 40.2 Å². The van der Waals surface area contributed by atoms with Crippen molar-refractivity contribution < 1.29 is 4.79 Å². The maximum Gasteiger partial charge on any atom is 0.291 e. The predicted octanol–water partition coefficient (Wildman–Crippen LogP) is 2.84. The van der Waals surface area contributed by atoms with E-state index in [2.05, 4.69) is 10.4 Å². The van der Waals surface area contributed by atoms with E-state index in [-0.39, 0.29) is 22.0 Å². The summed E-state index contributed by atoms with van der Waals surface area (Å²) in [6.07, 6.45) is 2.00. The van der Waals surface area contributed by atoms with Crippen LogP contribution in [0.25, 0.3) is 5.69 Å². The van der Waals surface area contributed by atoms with Gasteiger partial charge in [0.1, 0.15) is 11.1 Å². The Kier molecular flexibility index (Phi) is 4.71. The third-order valence-electron chi connectivity index (χ3n) is 3.83. The van der Waals surface area contributed by atoms with Crippen LogP contribution in [0.15, 0.2) is 29.2 Å². The van der Waals surface area contributed by atoms with Gasteiger partial charge in [0.05, 0.1) is 27.6 Å². The fraction of sp³-hybridized carbons (Fsp3) is 0.267. The summed E-state index contributed by atoms with van der Waals surface area (Å²) >= 11 is 17.9. The number of rotatable bonds is 3. The topological polar surface area (TPSA) is 67.2 Å². The van der Waals surface area contributed by atoms with Crippen molar-refractivity contribution in [2.75, 3.05) is 18.9 Å². The maximum absolute atomic E-state index is 12.1. The molecule has 1 N–H and O–H groups in total. The number of nitrogens with zero attached hydrogens (tertiary/aromatic N) is 3. The standard InChI is InChI=1S/C15H13Cl3N4O2/c1-21-5-4-12(14(21)23)20-11-3-2-8(6-9(11)16)22-15(24)13(18)10(17)7-19-22/h2-3,6-7,12,20H,4-5H2,1H3. The number of likely N-dealkylation sites (tertiary alicyclic amines) is 1. The summed E-state index contributed by atoms with van der Waals surface area (Å²) in [4.78, 5) is 25.7. The van der Waals surface area contributed by atoms with Crippen molar-refractivity contribution in [2.45, 2.75) is 12.5 Å². The Balaban J connectivity index is 1.89. The average molecular weight is 388 g/mol. The Hall–Kier alpha value is -1.76. The largest absolute Gasteiger partial charge is 0.372 e. The quantitative estimate of drug-likeness (QED) is 0.879. The summed E-state index contributed by atoms with van der Waals surface area (Å²) < 4.78 is 1.11. The molecule has 1 saturated heterocycles. The lowest BCUT2D eigenvalue weighted by Crippen LogP contribution is -2.31. The van der Waals surface area contributed by atoms with Crippen LogP contribution < -0.4 is 10.9 Å². The third kappa shape index (κ3) is 3.09. The first-order chi connectivity index (χ1) is 11.4. The molecular weight excluding hydrogens is 375 g/mol. The Labute approximate surface area is 152 Å². The molecule has 1 unspecified atom stereocenters. The number of hydrogen-bond donors (Lipinski definition) is 1. The zero-order chi connectivity index (χ0) is 17.4. The lowest BCUT2D eigenvalue weighted by molar-refractivity contribution is -0.127. The number of amides is 1. The van der Waals surface area contributed by atoms with Gasteiger partial charge in [-0.3, -0.25) is 9.59 Å². The molecule has 0 saturated carbocycles. The minimum Gasteiger partial charge on any atom is -0.372 e. The van der Waals surface area contributed by atoms with Crippen molar-refractivity contribution in [1.29, 1.82) is 0 Å². The van der Waals surface area contributed by atoms with E-state index in [9.17, 15) is 9.59 Å². The second-order valence-electron chi connectivity index (χ2n) is 5.43. The average Bonchev–Trinajstić information content (AvgIpc) is 2.87. The van der Waals surface area contributed by atoms with Crippen LogP contribution in [-0.2, 0) is 4.79 Å². The summed E-state index contributed by atoms with van der Waals surface area (Å²) in [7, 11) is 1.76. The van der Waals surface area contributed by atoms with Crippen LogP contribution in [0, 0.1) is 0 Å². The Morgan fingerprint density at radius 1 is 1.21 bits per heavy atom. The van der Waals surface area contributed by atoms with Gasteiger partial charge in [-0.25, -0.2) is 0 Å². The number of carbonyl (C=O) groups is 1. The van der Waals surface area contributed by atoms with Gasteiger partial charge in [-0.1, -0.05) is 34.8 Å². The highest BCUT2D eigenvalue weighted by atomic mass is 35.5. The summed E-state index contributed by atoms with van der Waals surface area (Å²) in [5.41, 5.74) is 0.527. The minimum atomic E-state index is -0.534. The highest BCUT2D eigenvalue weighted by Crippen LogP contribution is 2.27. The molecule has 126 valence electrons. The van der Waals surface area contributed by atoms with Gasteiger partial charge < -0.3 is 10.2 Å². The first-order valence-electron chi connectivity index (χ1n) is 7.13. The molecule has 1 aliphatic rings. The molecular formula is C15H13Cl3N4O2. The summed E-state index contributed by atoms with van der Waals surface area (Å²) in [6.45, 7) is 0.703. The molecule has 3 rings (SSSR count). The van der Waals surface area contributed by atoms with Crippen molar-refractivity contribution in [3.05, 3.63) is 49.8 Å². The van der Waals surface area contributed by atoms with Crippen molar-refractivity contribution >= 4 is 46.4 Å². The van der Waals surface area contributed by atoms with Crippen LogP contribution in [0.4, 0.5) is 5.69 Å². The second-order valence-corrected chi connectivity index (χ2v) is 6.63. The molecule has 0 spiro atoms. The summed E-state index contributed by atoms with van der Waals surface area (Å²) in [5, 5.41) is 7.43.